The molecular weight excluding hydrogens is 320 g/mol. The van der Waals surface area contributed by atoms with E-state index in [1.807, 2.05) is 0 Å². The van der Waals surface area contributed by atoms with Gasteiger partial charge in [0.15, 0.2) is 0 Å². The first-order valence-electron chi connectivity index (χ1n) is 7.44. The van der Waals surface area contributed by atoms with Gasteiger partial charge in [0.05, 0.1) is 0 Å². The van der Waals surface area contributed by atoms with Gasteiger partial charge >= 0.3 is 12.0 Å². The summed E-state index contributed by atoms with van der Waals surface area (Å²) in [4.78, 5) is 37.2. The van der Waals surface area contributed by atoms with Crippen molar-refractivity contribution in [2.75, 3.05) is 6.54 Å². The molecule has 0 aromatic heterocycles. The van der Waals surface area contributed by atoms with Crippen LogP contribution in [0.1, 0.15) is 25.3 Å². The SMILES string of the molecule is CC1(C2CC2)NC(=O)N(CC(=O)OCc2ccc(Cl)cc2)C1=O. The molecule has 0 bridgehead atoms. The van der Waals surface area contributed by atoms with Crippen molar-refractivity contribution in [2.45, 2.75) is 31.9 Å². The zero-order valence-electron chi connectivity index (χ0n) is 12.7. The second-order valence-electron chi connectivity index (χ2n) is 6.09. The fourth-order valence-electron chi connectivity index (χ4n) is 2.72. The molecule has 7 heteroatoms. The van der Waals surface area contributed by atoms with E-state index in [1.54, 1.807) is 31.2 Å². The predicted octanol–water partition coefficient (Wildman–Crippen LogP) is 2.10. The number of hydrogen-bond donors (Lipinski definition) is 1. The quantitative estimate of drug-likeness (QED) is 0.660. The third kappa shape index (κ3) is 3.17. The van der Waals surface area contributed by atoms with Crippen LogP contribution in [0, 0.1) is 5.92 Å². The van der Waals surface area contributed by atoms with Crippen LogP contribution in [0.25, 0.3) is 0 Å². The van der Waals surface area contributed by atoms with Crippen LogP contribution in [-0.4, -0.2) is 34.9 Å². The number of halogens is 1. The Hall–Kier alpha value is -2.08. The molecule has 1 N–H and O–H groups in total. The van der Waals surface area contributed by atoms with Crippen molar-refractivity contribution in [2.24, 2.45) is 5.92 Å². The summed E-state index contributed by atoms with van der Waals surface area (Å²) in [7, 11) is 0. The molecule has 3 rings (SSSR count). The summed E-state index contributed by atoms with van der Waals surface area (Å²) in [6.45, 7) is 1.41. The Bertz CT molecular complexity index is 657. The molecule has 23 heavy (non-hydrogen) atoms. The van der Waals surface area contributed by atoms with Crippen molar-refractivity contribution in [3.8, 4) is 0 Å². The van der Waals surface area contributed by atoms with Gasteiger partial charge in [-0.15, -0.1) is 0 Å². The highest BCUT2D eigenvalue weighted by Gasteiger charge is 2.56. The monoisotopic (exact) mass is 336 g/mol. The number of rotatable bonds is 5. The lowest BCUT2D eigenvalue weighted by atomic mass is 9.96. The first kappa shape index (κ1) is 15.8. The van der Waals surface area contributed by atoms with Crippen molar-refractivity contribution in [3.63, 3.8) is 0 Å². The first-order chi connectivity index (χ1) is 10.9. The summed E-state index contributed by atoms with van der Waals surface area (Å²) in [5, 5.41) is 3.29. The van der Waals surface area contributed by atoms with Gasteiger partial charge in [-0.25, -0.2) is 4.79 Å². The van der Waals surface area contributed by atoms with Crippen LogP contribution < -0.4 is 5.32 Å². The Kier molecular flexibility index (Phi) is 4.02. The minimum absolute atomic E-state index is 0.0690. The largest absolute Gasteiger partial charge is 0.459 e. The summed E-state index contributed by atoms with van der Waals surface area (Å²) in [6, 6.07) is 6.35. The molecule has 2 fully saturated rings. The summed E-state index contributed by atoms with van der Waals surface area (Å²) in [5.41, 5.74) is -0.101. The molecule has 3 amide bonds. The molecule has 6 nitrogen and oxygen atoms in total. The highest BCUT2D eigenvalue weighted by atomic mass is 35.5. The van der Waals surface area contributed by atoms with Crippen molar-refractivity contribution < 1.29 is 19.1 Å². The molecule has 1 saturated heterocycles. The van der Waals surface area contributed by atoms with Crippen LogP contribution in [0.5, 0.6) is 0 Å². The van der Waals surface area contributed by atoms with Crippen LogP contribution >= 0.6 is 11.6 Å². The molecule has 1 aromatic carbocycles. The lowest BCUT2D eigenvalue weighted by Crippen LogP contribution is -2.46. The van der Waals surface area contributed by atoms with Gasteiger partial charge in [-0.1, -0.05) is 23.7 Å². The highest BCUT2D eigenvalue weighted by molar-refractivity contribution is 6.30. The van der Waals surface area contributed by atoms with Gasteiger partial charge in [-0.3, -0.25) is 14.5 Å². The summed E-state index contributed by atoms with van der Waals surface area (Å²) in [6.07, 6.45) is 1.83. The Balaban J connectivity index is 1.56. The maximum absolute atomic E-state index is 12.4. The van der Waals surface area contributed by atoms with Crippen LogP contribution in [-0.2, 0) is 20.9 Å². The fourth-order valence-corrected chi connectivity index (χ4v) is 2.84. The van der Waals surface area contributed by atoms with Gasteiger partial charge in [-0.05, 0) is 43.4 Å². The third-order valence-corrected chi connectivity index (χ3v) is 4.55. The van der Waals surface area contributed by atoms with Crippen LogP contribution in [0.2, 0.25) is 5.02 Å². The molecule has 0 radical (unpaired) electrons. The number of esters is 1. The van der Waals surface area contributed by atoms with E-state index in [9.17, 15) is 14.4 Å². The smallest absolute Gasteiger partial charge is 0.326 e. The average molecular weight is 337 g/mol. The number of urea groups is 1. The molecule has 1 heterocycles. The van der Waals surface area contributed by atoms with Crippen molar-refractivity contribution in [1.82, 2.24) is 10.2 Å². The third-order valence-electron chi connectivity index (χ3n) is 4.30. The molecule has 0 spiro atoms. The number of imide groups is 1. The average Bonchev–Trinajstić information content (AvgIpc) is 3.33. The Morgan fingerprint density at radius 1 is 1.35 bits per heavy atom. The normalized spacial score (nSPS) is 23.8. The zero-order valence-corrected chi connectivity index (χ0v) is 13.4. The van der Waals surface area contributed by atoms with Gasteiger partial charge < -0.3 is 10.1 Å². The van der Waals surface area contributed by atoms with Crippen LogP contribution in [0.15, 0.2) is 24.3 Å². The van der Waals surface area contributed by atoms with E-state index in [1.165, 1.54) is 0 Å². The minimum Gasteiger partial charge on any atom is -0.459 e. The maximum atomic E-state index is 12.4. The second kappa shape index (κ2) is 5.85. The van der Waals surface area contributed by atoms with E-state index in [2.05, 4.69) is 5.32 Å². The van der Waals surface area contributed by atoms with E-state index < -0.39 is 17.5 Å². The molecular formula is C16H17ClN2O4. The van der Waals surface area contributed by atoms with E-state index in [-0.39, 0.29) is 25.0 Å². The number of carbonyl (C=O) groups is 3. The lowest BCUT2D eigenvalue weighted by molar-refractivity contribution is -0.148. The number of ether oxygens (including phenoxy) is 1. The van der Waals surface area contributed by atoms with E-state index in [0.29, 0.717) is 5.02 Å². The van der Waals surface area contributed by atoms with Crippen LogP contribution in [0.4, 0.5) is 4.79 Å². The summed E-state index contributed by atoms with van der Waals surface area (Å²) >= 11 is 5.78. The number of hydrogen-bond acceptors (Lipinski definition) is 4. The second-order valence-corrected chi connectivity index (χ2v) is 6.52. The van der Waals surface area contributed by atoms with Crippen molar-refractivity contribution >= 4 is 29.5 Å². The first-order valence-corrected chi connectivity index (χ1v) is 7.82. The van der Waals surface area contributed by atoms with Crippen molar-refractivity contribution in [1.29, 1.82) is 0 Å². The molecule has 1 aromatic rings. The molecule has 122 valence electrons. The molecule has 1 unspecified atom stereocenters. The number of nitrogens with one attached hydrogen (secondary N) is 1. The van der Waals surface area contributed by atoms with E-state index >= 15 is 0 Å². The highest BCUT2D eigenvalue weighted by Crippen LogP contribution is 2.42. The van der Waals surface area contributed by atoms with Gasteiger partial charge in [0.25, 0.3) is 5.91 Å². The number of benzene rings is 1. The van der Waals surface area contributed by atoms with Crippen LogP contribution in [0.3, 0.4) is 0 Å². The van der Waals surface area contributed by atoms with E-state index in [4.69, 9.17) is 16.3 Å². The van der Waals surface area contributed by atoms with Gasteiger partial charge in [0.2, 0.25) is 0 Å². The molecule has 1 saturated carbocycles. The van der Waals surface area contributed by atoms with Gasteiger partial charge in [0.1, 0.15) is 18.7 Å². The summed E-state index contributed by atoms with van der Waals surface area (Å²) in [5.74, 6) is -0.814. The zero-order chi connectivity index (χ0) is 16.6. The number of nitrogens with zero attached hydrogens (tertiary/aromatic N) is 1. The Morgan fingerprint density at radius 2 is 2.00 bits per heavy atom. The molecule has 1 aliphatic carbocycles. The summed E-state index contributed by atoms with van der Waals surface area (Å²) < 4.78 is 5.11. The number of carbonyl (C=O) groups excluding carboxylic acids is 3. The standard InChI is InChI=1S/C16H17ClN2O4/c1-16(11-4-5-11)14(21)19(15(22)18-16)8-13(20)23-9-10-2-6-12(17)7-3-10/h2-3,6-7,11H,4-5,8-9H2,1H3,(H,18,22). The molecule has 1 atom stereocenters. The molecule has 2 aliphatic rings. The minimum atomic E-state index is -0.881. The van der Waals surface area contributed by atoms with Crippen molar-refractivity contribution in [3.05, 3.63) is 34.9 Å². The maximum Gasteiger partial charge on any atom is 0.326 e. The topological polar surface area (TPSA) is 75.7 Å². The Morgan fingerprint density at radius 3 is 2.61 bits per heavy atom. The fraction of sp³-hybridized carbons (Fsp3) is 0.438. The predicted molar refractivity (Wildman–Crippen MR) is 82.6 cm³/mol. The van der Waals surface area contributed by atoms with E-state index in [0.717, 1.165) is 23.3 Å². The molecule has 1 aliphatic heterocycles. The van der Waals surface area contributed by atoms with Gasteiger partial charge in [-0.2, -0.15) is 0 Å². The Labute approximate surface area is 138 Å². The van der Waals surface area contributed by atoms with Gasteiger partial charge in [0, 0.05) is 5.02 Å². The lowest BCUT2D eigenvalue weighted by Gasteiger charge is -2.20. The number of amides is 3.